The molecule has 0 aliphatic rings. The van der Waals surface area contributed by atoms with Crippen molar-refractivity contribution < 1.29 is 9.53 Å². The number of benzene rings is 1. The molecule has 0 N–H and O–H groups in total. The van der Waals surface area contributed by atoms with Gasteiger partial charge in [0.15, 0.2) is 5.69 Å². The van der Waals surface area contributed by atoms with Gasteiger partial charge in [0, 0.05) is 10.8 Å². The Kier molecular flexibility index (Phi) is 4.44. The normalized spacial score (nSPS) is 11.5. The lowest BCUT2D eigenvalue weighted by atomic mass is 9.82. The first-order valence-electron chi connectivity index (χ1n) is 7.49. The lowest BCUT2D eigenvalue weighted by molar-refractivity contribution is 0.0594. The van der Waals surface area contributed by atoms with Crippen LogP contribution >= 0.6 is 11.3 Å². The first-order valence-corrected chi connectivity index (χ1v) is 8.37. The van der Waals surface area contributed by atoms with Gasteiger partial charge in [-0.1, -0.05) is 49.4 Å². The summed E-state index contributed by atoms with van der Waals surface area (Å²) in [6, 6.07) is 10.3. The van der Waals surface area contributed by atoms with Gasteiger partial charge in [-0.3, -0.25) is 0 Å². The van der Waals surface area contributed by atoms with Gasteiger partial charge in [0.1, 0.15) is 5.01 Å². The Labute approximate surface area is 144 Å². The average Bonchev–Trinajstić information content (AvgIpc) is 3.25. The number of nitrogens with zero attached hydrogens (tertiary/aromatic N) is 4. The Morgan fingerprint density at radius 1 is 1.29 bits per heavy atom. The standard InChI is InChI=1S/C17H18N4O2S/c1-17(2,12-7-5-4-6-8-12)14-11-24-15(18-14)10-21-9-13(19-20-21)16(22)23-3/h4-9,11H,10H2,1-3H3. The Morgan fingerprint density at radius 3 is 2.75 bits per heavy atom. The number of esters is 1. The van der Waals surface area contributed by atoms with Crippen LogP contribution in [0.3, 0.4) is 0 Å². The van der Waals surface area contributed by atoms with Gasteiger partial charge in [-0.2, -0.15) is 0 Å². The maximum atomic E-state index is 11.4. The quantitative estimate of drug-likeness (QED) is 0.667. The van der Waals surface area contributed by atoms with Crippen LogP contribution in [0.25, 0.3) is 0 Å². The van der Waals surface area contributed by atoms with Crippen molar-refractivity contribution in [3.8, 4) is 0 Å². The summed E-state index contributed by atoms with van der Waals surface area (Å²) in [6.45, 7) is 4.79. The summed E-state index contributed by atoms with van der Waals surface area (Å²) in [4.78, 5) is 16.2. The fourth-order valence-corrected chi connectivity index (χ4v) is 3.34. The summed E-state index contributed by atoms with van der Waals surface area (Å²) < 4.78 is 6.22. The van der Waals surface area contributed by atoms with E-state index in [0.29, 0.717) is 6.54 Å². The van der Waals surface area contributed by atoms with Crippen molar-refractivity contribution >= 4 is 17.3 Å². The second-order valence-corrected chi connectivity index (χ2v) is 6.85. The van der Waals surface area contributed by atoms with Gasteiger partial charge in [0.2, 0.25) is 0 Å². The third-order valence-electron chi connectivity index (χ3n) is 3.92. The SMILES string of the molecule is COC(=O)c1cn(Cc2nc(C(C)(C)c3ccccc3)cs2)nn1. The molecule has 2 heterocycles. The molecule has 124 valence electrons. The van der Waals surface area contributed by atoms with E-state index in [1.165, 1.54) is 12.7 Å². The van der Waals surface area contributed by atoms with Crippen LogP contribution in [0.1, 0.15) is 40.6 Å². The number of carbonyl (C=O) groups is 1. The van der Waals surface area contributed by atoms with E-state index in [4.69, 9.17) is 4.98 Å². The first-order chi connectivity index (χ1) is 11.5. The molecule has 0 fully saturated rings. The Hall–Kier alpha value is -2.54. The van der Waals surface area contributed by atoms with E-state index in [1.807, 2.05) is 18.2 Å². The highest BCUT2D eigenvalue weighted by Crippen LogP contribution is 2.32. The van der Waals surface area contributed by atoms with Crippen LogP contribution in [0.15, 0.2) is 41.9 Å². The third kappa shape index (κ3) is 3.21. The van der Waals surface area contributed by atoms with Crippen LogP contribution in [0.5, 0.6) is 0 Å². The summed E-state index contributed by atoms with van der Waals surface area (Å²) >= 11 is 1.57. The van der Waals surface area contributed by atoms with Crippen molar-refractivity contribution in [3.05, 3.63) is 63.9 Å². The van der Waals surface area contributed by atoms with E-state index >= 15 is 0 Å². The Morgan fingerprint density at radius 2 is 2.04 bits per heavy atom. The molecule has 0 bridgehead atoms. The van der Waals surface area contributed by atoms with Gasteiger partial charge in [-0.15, -0.1) is 16.4 Å². The van der Waals surface area contributed by atoms with Crippen LogP contribution < -0.4 is 0 Å². The number of rotatable bonds is 5. The zero-order chi connectivity index (χ0) is 17.2. The zero-order valence-electron chi connectivity index (χ0n) is 13.8. The number of hydrogen-bond acceptors (Lipinski definition) is 6. The summed E-state index contributed by atoms with van der Waals surface area (Å²) in [5.74, 6) is -0.494. The number of thiazole rings is 1. The molecule has 7 heteroatoms. The maximum Gasteiger partial charge on any atom is 0.360 e. The Balaban J connectivity index is 1.78. The molecule has 2 aromatic heterocycles. The largest absolute Gasteiger partial charge is 0.464 e. The molecule has 0 aliphatic carbocycles. The minimum absolute atomic E-state index is 0.171. The third-order valence-corrected chi connectivity index (χ3v) is 4.75. The van der Waals surface area contributed by atoms with E-state index in [-0.39, 0.29) is 11.1 Å². The van der Waals surface area contributed by atoms with Gasteiger partial charge >= 0.3 is 5.97 Å². The van der Waals surface area contributed by atoms with Crippen molar-refractivity contribution in [3.63, 3.8) is 0 Å². The summed E-state index contributed by atoms with van der Waals surface area (Å²) in [5, 5.41) is 10.7. The van der Waals surface area contributed by atoms with Crippen LogP contribution in [-0.4, -0.2) is 33.1 Å². The highest BCUT2D eigenvalue weighted by Gasteiger charge is 2.26. The number of aromatic nitrogens is 4. The monoisotopic (exact) mass is 342 g/mol. The molecule has 24 heavy (non-hydrogen) atoms. The van der Waals surface area contributed by atoms with E-state index < -0.39 is 5.97 Å². The molecule has 6 nitrogen and oxygen atoms in total. The summed E-state index contributed by atoms with van der Waals surface area (Å²) in [5.41, 5.74) is 2.26. The molecular formula is C17H18N4O2S. The van der Waals surface area contributed by atoms with Crippen LogP contribution in [-0.2, 0) is 16.7 Å². The molecule has 1 aromatic carbocycles. The molecule has 0 atom stereocenters. The second kappa shape index (κ2) is 6.52. The van der Waals surface area contributed by atoms with Crippen molar-refractivity contribution in [1.29, 1.82) is 0 Å². The van der Waals surface area contributed by atoms with E-state index in [1.54, 1.807) is 22.2 Å². The number of ether oxygens (including phenoxy) is 1. The molecule has 0 amide bonds. The van der Waals surface area contributed by atoms with Crippen LogP contribution in [0, 0.1) is 0 Å². The topological polar surface area (TPSA) is 69.9 Å². The van der Waals surface area contributed by atoms with Gasteiger partial charge in [0.05, 0.1) is 25.5 Å². The van der Waals surface area contributed by atoms with Gasteiger partial charge in [-0.25, -0.2) is 14.5 Å². The lowest BCUT2D eigenvalue weighted by Crippen LogP contribution is -2.19. The van der Waals surface area contributed by atoms with Gasteiger partial charge in [-0.05, 0) is 5.56 Å². The van der Waals surface area contributed by atoms with Crippen molar-refractivity contribution in [2.45, 2.75) is 25.8 Å². The molecular weight excluding hydrogens is 324 g/mol. The molecule has 3 aromatic rings. The number of hydrogen-bond donors (Lipinski definition) is 0. The van der Waals surface area contributed by atoms with E-state index in [0.717, 1.165) is 10.7 Å². The predicted molar refractivity (Wildman–Crippen MR) is 91.1 cm³/mol. The first kappa shape index (κ1) is 16.3. The molecule has 0 aliphatic heterocycles. The highest BCUT2D eigenvalue weighted by molar-refractivity contribution is 7.09. The van der Waals surface area contributed by atoms with Gasteiger partial charge < -0.3 is 4.74 Å². The predicted octanol–water partition coefficient (Wildman–Crippen LogP) is 2.90. The molecule has 3 rings (SSSR count). The van der Waals surface area contributed by atoms with Crippen molar-refractivity contribution in [2.24, 2.45) is 0 Å². The van der Waals surface area contributed by atoms with Crippen LogP contribution in [0.4, 0.5) is 0 Å². The van der Waals surface area contributed by atoms with Gasteiger partial charge in [0.25, 0.3) is 0 Å². The minimum Gasteiger partial charge on any atom is -0.464 e. The maximum absolute atomic E-state index is 11.4. The number of carbonyl (C=O) groups excluding carboxylic acids is 1. The Bertz CT molecular complexity index is 839. The molecule has 0 saturated carbocycles. The van der Waals surface area contributed by atoms with Crippen LogP contribution in [0.2, 0.25) is 0 Å². The summed E-state index contributed by atoms with van der Waals surface area (Å²) in [6.07, 6.45) is 1.56. The smallest absolute Gasteiger partial charge is 0.360 e. The number of methoxy groups -OCH3 is 1. The minimum atomic E-state index is -0.494. The fourth-order valence-electron chi connectivity index (χ4n) is 2.39. The molecule has 0 saturated heterocycles. The van der Waals surface area contributed by atoms with E-state index in [2.05, 4.69) is 46.4 Å². The van der Waals surface area contributed by atoms with Crippen molar-refractivity contribution in [2.75, 3.05) is 7.11 Å². The molecule has 0 spiro atoms. The second-order valence-electron chi connectivity index (χ2n) is 5.91. The summed E-state index contributed by atoms with van der Waals surface area (Å²) in [7, 11) is 1.32. The zero-order valence-corrected chi connectivity index (χ0v) is 14.6. The molecule has 0 radical (unpaired) electrons. The average molecular weight is 342 g/mol. The fraction of sp³-hybridized carbons (Fsp3) is 0.294. The highest BCUT2D eigenvalue weighted by atomic mass is 32.1. The molecule has 0 unspecified atom stereocenters. The lowest BCUT2D eigenvalue weighted by Gasteiger charge is -2.23. The van der Waals surface area contributed by atoms with E-state index in [9.17, 15) is 4.79 Å². The van der Waals surface area contributed by atoms with Crippen molar-refractivity contribution in [1.82, 2.24) is 20.0 Å².